The third-order valence-electron chi connectivity index (χ3n) is 6.10. The van der Waals surface area contributed by atoms with E-state index in [4.69, 9.17) is 21.3 Å². The van der Waals surface area contributed by atoms with Gasteiger partial charge in [-0.2, -0.15) is 20.1 Å². The molecule has 1 N–H and O–H groups in total. The van der Waals surface area contributed by atoms with E-state index in [-0.39, 0.29) is 0 Å². The van der Waals surface area contributed by atoms with E-state index in [0.717, 1.165) is 60.2 Å². The number of hydrazone groups is 1. The molecule has 5 rings (SSSR count). The number of rotatable bonds is 10. The maximum Gasteiger partial charge on any atom is 0.250 e. The zero-order chi connectivity index (χ0) is 24.6. The molecule has 2 aliphatic heterocycles. The third-order valence-corrected chi connectivity index (χ3v) is 7.33. The second-order valence-electron chi connectivity index (χ2n) is 8.71. The summed E-state index contributed by atoms with van der Waals surface area (Å²) in [5.74, 6) is 3.52. The molecule has 0 saturated carbocycles. The molecule has 0 spiro atoms. The monoisotopic (exact) mass is 523 g/mol. The summed E-state index contributed by atoms with van der Waals surface area (Å²) in [5.41, 5.74) is 3.91. The van der Waals surface area contributed by atoms with Crippen LogP contribution >= 0.6 is 23.4 Å². The van der Waals surface area contributed by atoms with Crippen molar-refractivity contribution in [3.05, 3.63) is 59.1 Å². The zero-order valence-corrected chi connectivity index (χ0v) is 21.7. The van der Waals surface area contributed by atoms with Crippen molar-refractivity contribution in [2.45, 2.75) is 30.6 Å². The van der Waals surface area contributed by atoms with E-state index in [0.29, 0.717) is 12.6 Å². The summed E-state index contributed by atoms with van der Waals surface area (Å²) < 4.78 is 6.04. The van der Waals surface area contributed by atoms with Gasteiger partial charge in [0.2, 0.25) is 17.8 Å². The highest BCUT2D eigenvalue weighted by molar-refractivity contribution is 7.99. The summed E-state index contributed by atoms with van der Waals surface area (Å²) in [5, 5.41) is 5.17. The van der Waals surface area contributed by atoms with Gasteiger partial charge in [-0.3, -0.25) is 0 Å². The number of thioether (sulfide) groups is 1. The molecule has 0 bridgehead atoms. The second-order valence-corrected chi connectivity index (χ2v) is 10.3. The molecule has 8 nitrogen and oxygen atoms in total. The summed E-state index contributed by atoms with van der Waals surface area (Å²) in [6.07, 6.45) is 6.42. The minimum atomic E-state index is 0.461. The largest absolute Gasteiger partial charge is 0.492 e. The molecular weight excluding hydrogens is 494 g/mol. The maximum absolute atomic E-state index is 6.04. The van der Waals surface area contributed by atoms with Gasteiger partial charge in [0.15, 0.2) is 0 Å². The number of para-hydroxylation sites is 1. The van der Waals surface area contributed by atoms with Crippen molar-refractivity contribution in [3.8, 4) is 5.75 Å². The van der Waals surface area contributed by atoms with Crippen LogP contribution < -0.4 is 20.0 Å². The lowest BCUT2D eigenvalue weighted by atomic mass is 10.2. The van der Waals surface area contributed by atoms with Gasteiger partial charge in [-0.15, -0.1) is 11.8 Å². The highest BCUT2D eigenvalue weighted by Gasteiger charge is 2.21. The average Bonchev–Trinajstić information content (AvgIpc) is 3.64. The van der Waals surface area contributed by atoms with E-state index in [1.54, 1.807) is 18.0 Å². The van der Waals surface area contributed by atoms with Gasteiger partial charge in [-0.05, 0) is 62.1 Å². The molecule has 2 aliphatic rings. The maximum atomic E-state index is 6.04. The molecule has 10 heteroatoms. The van der Waals surface area contributed by atoms with Crippen LogP contribution in [0.5, 0.6) is 5.75 Å². The Balaban J connectivity index is 1.22. The van der Waals surface area contributed by atoms with Crippen LogP contribution in [-0.2, 0) is 0 Å². The Morgan fingerprint density at radius 2 is 1.53 bits per heavy atom. The molecule has 2 saturated heterocycles. The number of hydrogen-bond acceptors (Lipinski definition) is 9. The first kappa shape index (κ1) is 24.6. The Hall–Kier alpha value is -3.04. The number of halogens is 1. The van der Waals surface area contributed by atoms with E-state index in [1.165, 1.54) is 30.6 Å². The smallest absolute Gasteiger partial charge is 0.250 e. The van der Waals surface area contributed by atoms with Crippen LogP contribution in [0.3, 0.4) is 0 Å². The van der Waals surface area contributed by atoms with Gasteiger partial charge in [0.1, 0.15) is 5.75 Å². The quantitative estimate of drug-likeness (QED) is 0.165. The van der Waals surface area contributed by atoms with Crippen LogP contribution in [-0.4, -0.2) is 59.7 Å². The van der Waals surface area contributed by atoms with Gasteiger partial charge in [0.25, 0.3) is 0 Å². The minimum Gasteiger partial charge on any atom is -0.492 e. The summed E-state index contributed by atoms with van der Waals surface area (Å²) in [4.78, 5) is 19.7. The first-order valence-corrected chi connectivity index (χ1v) is 13.8. The molecule has 188 valence electrons. The Kier molecular flexibility index (Phi) is 8.40. The standard InChI is InChI=1S/C26H30ClN7OS/c27-21-9-11-22(12-10-21)36-18-17-35-23-8-2-1-7-20(23)19-28-32-24-29-25(33-13-3-4-14-33)31-26(30-24)34-15-5-6-16-34/h1-2,7-12,19H,3-6,13-18H2,(H,29,30,31,32). The van der Waals surface area contributed by atoms with Crippen molar-refractivity contribution in [1.29, 1.82) is 0 Å². The number of nitrogens with zero attached hydrogens (tertiary/aromatic N) is 6. The van der Waals surface area contributed by atoms with Gasteiger partial charge >= 0.3 is 0 Å². The first-order chi connectivity index (χ1) is 17.7. The van der Waals surface area contributed by atoms with E-state index >= 15 is 0 Å². The lowest BCUT2D eigenvalue weighted by Gasteiger charge is -2.20. The van der Waals surface area contributed by atoms with E-state index in [2.05, 4.69) is 30.3 Å². The van der Waals surface area contributed by atoms with Crippen molar-refractivity contribution in [1.82, 2.24) is 15.0 Å². The number of nitrogens with one attached hydrogen (secondary N) is 1. The Labute approximate surface area is 221 Å². The summed E-state index contributed by atoms with van der Waals surface area (Å²) in [6.45, 7) is 4.50. The lowest BCUT2D eigenvalue weighted by Crippen LogP contribution is -2.25. The Bertz CT molecular complexity index is 1130. The van der Waals surface area contributed by atoms with Crippen LogP contribution in [0.2, 0.25) is 5.02 Å². The molecule has 0 unspecified atom stereocenters. The second kappa shape index (κ2) is 12.3. The highest BCUT2D eigenvalue weighted by Crippen LogP contribution is 2.24. The van der Waals surface area contributed by atoms with Crippen molar-refractivity contribution in [2.75, 3.05) is 53.8 Å². The molecule has 0 aliphatic carbocycles. The summed E-state index contributed by atoms with van der Waals surface area (Å²) in [6, 6.07) is 15.7. The fraction of sp³-hybridized carbons (Fsp3) is 0.385. The number of anilines is 3. The van der Waals surface area contributed by atoms with Crippen LogP contribution in [0.25, 0.3) is 0 Å². The van der Waals surface area contributed by atoms with Gasteiger partial charge in [-0.25, -0.2) is 5.43 Å². The van der Waals surface area contributed by atoms with Gasteiger partial charge in [0, 0.05) is 47.4 Å². The molecule has 2 aromatic carbocycles. The van der Waals surface area contributed by atoms with Gasteiger partial charge in [-0.1, -0.05) is 23.7 Å². The predicted molar refractivity (Wildman–Crippen MR) is 148 cm³/mol. The van der Waals surface area contributed by atoms with Crippen LogP contribution in [0.15, 0.2) is 58.5 Å². The molecule has 0 amide bonds. The number of aromatic nitrogens is 3. The van der Waals surface area contributed by atoms with Crippen LogP contribution in [0, 0.1) is 0 Å². The Morgan fingerprint density at radius 3 is 2.19 bits per heavy atom. The molecule has 36 heavy (non-hydrogen) atoms. The van der Waals surface area contributed by atoms with Crippen LogP contribution in [0.4, 0.5) is 17.8 Å². The zero-order valence-electron chi connectivity index (χ0n) is 20.1. The van der Waals surface area contributed by atoms with Gasteiger partial charge in [0.05, 0.1) is 12.8 Å². The summed E-state index contributed by atoms with van der Waals surface area (Å²) >= 11 is 7.69. The predicted octanol–water partition coefficient (Wildman–Crippen LogP) is 5.34. The third kappa shape index (κ3) is 6.59. The molecule has 3 aromatic rings. The molecule has 2 fully saturated rings. The van der Waals surface area contributed by atoms with Gasteiger partial charge < -0.3 is 14.5 Å². The first-order valence-electron chi connectivity index (χ1n) is 12.4. The SMILES string of the molecule is Clc1ccc(SCCOc2ccccc2C=NNc2nc(N3CCCC3)nc(N3CCCC3)n2)cc1. The molecular formula is C26H30ClN7OS. The highest BCUT2D eigenvalue weighted by atomic mass is 35.5. The molecule has 3 heterocycles. The molecule has 0 atom stereocenters. The Morgan fingerprint density at radius 1 is 0.889 bits per heavy atom. The molecule has 1 aromatic heterocycles. The van der Waals surface area contributed by atoms with E-state index < -0.39 is 0 Å². The minimum absolute atomic E-state index is 0.461. The number of ether oxygens (including phenoxy) is 1. The van der Waals surface area contributed by atoms with Crippen molar-refractivity contribution in [2.24, 2.45) is 5.10 Å². The normalized spacial score (nSPS) is 15.7. The van der Waals surface area contributed by atoms with Crippen molar-refractivity contribution < 1.29 is 4.74 Å². The number of benzene rings is 2. The lowest BCUT2D eigenvalue weighted by molar-refractivity contribution is 0.343. The fourth-order valence-corrected chi connectivity index (χ4v) is 5.10. The van der Waals surface area contributed by atoms with E-state index in [1.807, 2.05) is 48.5 Å². The molecule has 0 radical (unpaired) electrons. The number of hydrogen-bond donors (Lipinski definition) is 1. The average molecular weight is 524 g/mol. The fourth-order valence-electron chi connectivity index (χ4n) is 4.24. The van der Waals surface area contributed by atoms with Crippen molar-refractivity contribution in [3.63, 3.8) is 0 Å². The summed E-state index contributed by atoms with van der Waals surface area (Å²) in [7, 11) is 0. The van der Waals surface area contributed by atoms with E-state index in [9.17, 15) is 0 Å². The van der Waals surface area contributed by atoms with Crippen molar-refractivity contribution >= 4 is 47.4 Å². The topological polar surface area (TPSA) is 78.8 Å². The van der Waals surface area contributed by atoms with Crippen LogP contribution in [0.1, 0.15) is 31.2 Å².